The maximum Gasteiger partial charge on any atom is 0.197 e. The van der Waals surface area contributed by atoms with E-state index in [9.17, 15) is 20.1 Å². The summed E-state index contributed by atoms with van der Waals surface area (Å²) in [4.78, 5) is 12.5. The minimum Gasteiger partial charge on any atom is -0.504 e. The second-order valence-corrected chi connectivity index (χ2v) is 6.26. The molecule has 2 aromatic heterocycles. The van der Waals surface area contributed by atoms with E-state index in [1.165, 1.54) is 18.2 Å². The molecule has 0 atom stereocenters. The van der Waals surface area contributed by atoms with Crippen LogP contribution in [0.3, 0.4) is 0 Å². The highest BCUT2D eigenvalue weighted by molar-refractivity contribution is 6.19. The van der Waals surface area contributed by atoms with Gasteiger partial charge in [0.1, 0.15) is 16.6 Å². The molecule has 5 rings (SSSR count). The molecule has 0 radical (unpaired) electrons. The maximum atomic E-state index is 12.5. The van der Waals surface area contributed by atoms with Gasteiger partial charge in [-0.1, -0.05) is 30.3 Å². The molecule has 0 spiro atoms. The average Bonchev–Trinajstić information content (AvgIpc) is 3.14. The summed E-state index contributed by atoms with van der Waals surface area (Å²) in [5.74, 6) is -1.35. The lowest BCUT2D eigenvalue weighted by Crippen LogP contribution is -2.10. The molecule has 6 heteroatoms. The summed E-state index contributed by atoms with van der Waals surface area (Å²) >= 11 is 0. The number of carbonyl (C=O) groups excluding carboxylic acids is 1. The molecule has 0 saturated carbocycles. The van der Waals surface area contributed by atoms with Gasteiger partial charge < -0.3 is 24.2 Å². The van der Waals surface area contributed by atoms with Crippen molar-refractivity contribution in [3.05, 3.63) is 75.1 Å². The maximum absolute atomic E-state index is 12.5. The molecule has 0 fully saturated rings. The van der Waals surface area contributed by atoms with E-state index in [0.717, 1.165) is 5.56 Å². The summed E-state index contributed by atoms with van der Waals surface area (Å²) in [6, 6.07) is 11.8. The molecule has 27 heavy (non-hydrogen) atoms. The Morgan fingerprint density at radius 3 is 2.44 bits per heavy atom. The Hall–Kier alpha value is -3.93. The number of rotatable bonds is 1. The first-order chi connectivity index (χ1) is 13.0. The van der Waals surface area contributed by atoms with E-state index in [4.69, 9.17) is 8.83 Å². The Bertz CT molecular complexity index is 1460. The van der Waals surface area contributed by atoms with Crippen molar-refractivity contribution in [3.63, 3.8) is 0 Å². The molecule has 2 aromatic carbocycles. The van der Waals surface area contributed by atoms with Gasteiger partial charge in [0.15, 0.2) is 33.9 Å². The number of carbonyl (C=O) groups is 1. The number of Topliss-reactive ketones (excluding diaryl/α,β-unsaturated/α-hetero) is 1. The first-order valence-corrected chi connectivity index (χ1v) is 8.16. The van der Waals surface area contributed by atoms with Crippen LogP contribution in [0.25, 0.3) is 23.1 Å². The topological polar surface area (TPSA) is 104 Å². The number of phenols is 2. The van der Waals surface area contributed by atoms with Gasteiger partial charge in [0.25, 0.3) is 0 Å². The summed E-state index contributed by atoms with van der Waals surface area (Å²) in [6.45, 7) is 0. The predicted octanol–water partition coefficient (Wildman–Crippen LogP) is 2.24. The summed E-state index contributed by atoms with van der Waals surface area (Å²) < 4.78 is 11.4. The molecule has 4 aromatic rings. The fourth-order valence-corrected chi connectivity index (χ4v) is 3.31. The van der Waals surface area contributed by atoms with Crippen LogP contribution in [0.2, 0.25) is 0 Å². The third kappa shape index (κ3) is 2.17. The summed E-state index contributed by atoms with van der Waals surface area (Å²) in [5, 5.41) is 31.0. The number of aromatic hydroxyl groups is 3. The van der Waals surface area contributed by atoms with Crippen LogP contribution < -0.4 is 10.8 Å². The monoisotopic (exact) mass is 360 g/mol. The van der Waals surface area contributed by atoms with E-state index in [-0.39, 0.29) is 44.6 Å². The van der Waals surface area contributed by atoms with Crippen molar-refractivity contribution in [2.45, 2.75) is 0 Å². The van der Waals surface area contributed by atoms with Crippen molar-refractivity contribution >= 4 is 28.9 Å². The van der Waals surface area contributed by atoms with E-state index in [1.54, 1.807) is 6.08 Å². The minimum atomic E-state index is -0.445. The lowest BCUT2D eigenvalue weighted by atomic mass is 10.1. The van der Waals surface area contributed by atoms with Crippen molar-refractivity contribution in [1.29, 1.82) is 0 Å². The quantitative estimate of drug-likeness (QED) is 0.450. The number of benzene rings is 2. The van der Waals surface area contributed by atoms with Gasteiger partial charge in [-0.15, -0.1) is 0 Å². The van der Waals surface area contributed by atoms with E-state index in [0.29, 0.717) is 10.6 Å². The van der Waals surface area contributed by atoms with Gasteiger partial charge in [0, 0.05) is 17.5 Å². The lowest BCUT2D eigenvalue weighted by Gasteiger charge is -1.96. The summed E-state index contributed by atoms with van der Waals surface area (Å²) in [6.07, 6.45) is 2.89. The molecule has 2 heterocycles. The molecule has 0 unspecified atom stereocenters. The largest absolute Gasteiger partial charge is 0.504 e. The molecule has 0 aliphatic heterocycles. The Morgan fingerprint density at radius 1 is 0.926 bits per heavy atom. The second-order valence-electron chi connectivity index (χ2n) is 6.26. The van der Waals surface area contributed by atoms with Crippen LogP contribution in [0.1, 0.15) is 15.9 Å². The average molecular weight is 360 g/mol. The standard InChI is InChI=1S/C21H12O6/c22-12-7-11-15(8-13(12)23)26-16-9-14(24)19-20(25)17(27-21(19)18(11)16)6-10-4-2-1-3-5-10/h1-9,22-23,25H/b17-6-. The number of fused-ring (bicyclic) bond motifs is 4. The molecule has 0 amide bonds. The van der Waals surface area contributed by atoms with Crippen LogP contribution in [0, 0.1) is 10.6 Å². The fourth-order valence-electron chi connectivity index (χ4n) is 3.31. The van der Waals surface area contributed by atoms with Crippen molar-refractivity contribution in [3.8, 4) is 17.2 Å². The number of hydrogen-bond donors (Lipinski definition) is 3. The van der Waals surface area contributed by atoms with Gasteiger partial charge in [-0.2, -0.15) is 0 Å². The molecule has 1 aliphatic carbocycles. The van der Waals surface area contributed by atoms with E-state index >= 15 is 0 Å². The Labute approximate surface area is 150 Å². The number of furan rings is 2. The zero-order valence-electron chi connectivity index (χ0n) is 13.8. The minimum absolute atomic E-state index is 0.0416. The highest BCUT2D eigenvalue weighted by Crippen LogP contribution is 2.32. The third-order valence-electron chi connectivity index (χ3n) is 4.55. The van der Waals surface area contributed by atoms with Crippen LogP contribution in [0.5, 0.6) is 17.2 Å². The van der Waals surface area contributed by atoms with Crippen LogP contribution in [0.4, 0.5) is 0 Å². The first-order valence-electron chi connectivity index (χ1n) is 8.16. The van der Waals surface area contributed by atoms with Crippen LogP contribution in [-0.2, 0) is 0 Å². The SMILES string of the molecule is O=C1C=c2oc3cc(O)c(O)cc3c2=c2o/c(=C\c3ccccc3)c(O)c21. The van der Waals surface area contributed by atoms with Crippen molar-refractivity contribution in [2.75, 3.05) is 0 Å². The van der Waals surface area contributed by atoms with Gasteiger partial charge in [-0.05, 0) is 17.7 Å². The molecular weight excluding hydrogens is 348 g/mol. The molecule has 0 saturated heterocycles. The third-order valence-corrected chi connectivity index (χ3v) is 4.55. The van der Waals surface area contributed by atoms with Gasteiger partial charge in [0.05, 0.1) is 5.22 Å². The highest BCUT2D eigenvalue weighted by atomic mass is 16.4. The lowest BCUT2D eigenvalue weighted by molar-refractivity contribution is 0.105. The van der Waals surface area contributed by atoms with Crippen molar-refractivity contribution in [1.82, 2.24) is 0 Å². The zero-order chi connectivity index (χ0) is 18.7. The molecule has 6 nitrogen and oxygen atoms in total. The van der Waals surface area contributed by atoms with Crippen LogP contribution in [-0.4, -0.2) is 21.1 Å². The van der Waals surface area contributed by atoms with Gasteiger partial charge in [0.2, 0.25) is 0 Å². The first kappa shape index (κ1) is 15.3. The van der Waals surface area contributed by atoms with Gasteiger partial charge in [-0.25, -0.2) is 0 Å². The Kier molecular flexibility index (Phi) is 3.00. The molecule has 3 N–H and O–H groups in total. The van der Waals surface area contributed by atoms with Gasteiger partial charge >= 0.3 is 0 Å². The van der Waals surface area contributed by atoms with E-state index in [2.05, 4.69) is 0 Å². The molecule has 132 valence electrons. The predicted molar refractivity (Wildman–Crippen MR) is 95.6 cm³/mol. The Balaban J connectivity index is 1.97. The fraction of sp³-hybridized carbons (Fsp3) is 0. The highest BCUT2D eigenvalue weighted by Gasteiger charge is 2.24. The van der Waals surface area contributed by atoms with E-state index < -0.39 is 5.78 Å². The van der Waals surface area contributed by atoms with Crippen LogP contribution in [0.15, 0.2) is 51.3 Å². The van der Waals surface area contributed by atoms with E-state index in [1.807, 2.05) is 30.3 Å². The molecular formula is C21H12O6. The molecule has 0 bridgehead atoms. The van der Waals surface area contributed by atoms with Crippen molar-refractivity contribution < 1.29 is 28.9 Å². The molecule has 1 aliphatic rings. The summed E-state index contributed by atoms with van der Waals surface area (Å²) in [7, 11) is 0. The number of phenolic OH excluding ortho intramolecular Hbond substituents is 2. The zero-order valence-corrected chi connectivity index (χ0v) is 13.8. The number of ketones is 1. The second kappa shape index (κ2) is 5.28. The smallest absolute Gasteiger partial charge is 0.197 e. The normalized spacial score (nSPS) is 13.5. The Morgan fingerprint density at radius 2 is 1.67 bits per heavy atom. The van der Waals surface area contributed by atoms with Crippen molar-refractivity contribution in [2.24, 2.45) is 0 Å². The van der Waals surface area contributed by atoms with Crippen LogP contribution >= 0.6 is 0 Å². The van der Waals surface area contributed by atoms with Gasteiger partial charge in [-0.3, -0.25) is 4.79 Å². The number of hydrogen-bond acceptors (Lipinski definition) is 6. The summed E-state index contributed by atoms with van der Waals surface area (Å²) in [5.41, 5.74) is 1.69.